The lowest BCUT2D eigenvalue weighted by Gasteiger charge is -2.25. The fourth-order valence-corrected chi connectivity index (χ4v) is 2.48. The average molecular weight is 364 g/mol. The topological polar surface area (TPSA) is 84.9 Å². The van der Waals surface area contributed by atoms with Gasteiger partial charge in [-0.15, -0.1) is 0 Å². The lowest BCUT2D eigenvalue weighted by atomic mass is 10.3. The van der Waals surface area contributed by atoms with Crippen LogP contribution >= 0.6 is 7.82 Å². The molecule has 0 saturated heterocycles. The Kier molecular flexibility index (Phi) is 9.14. The fourth-order valence-electron chi connectivity index (χ4n) is 2.48. The Morgan fingerprint density at radius 2 is 1.25 bits per heavy atom. The Morgan fingerprint density at radius 3 is 1.29 bits per heavy atom. The van der Waals surface area contributed by atoms with E-state index in [4.69, 9.17) is 0 Å². The van der Waals surface area contributed by atoms with Crippen LogP contribution in [0.15, 0.2) is 0 Å². The van der Waals surface area contributed by atoms with E-state index in [2.05, 4.69) is 79.4 Å². The maximum Gasteiger partial charge on any atom is 0.243 e. The van der Waals surface area contributed by atoms with E-state index < -0.39 is 7.82 Å². The Labute approximate surface area is 146 Å². The van der Waals surface area contributed by atoms with E-state index in [9.17, 15) is 14.4 Å². The minimum atomic E-state index is -4.65. The van der Waals surface area contributed by atoms with Crippen LogP contribution < -0.4 is 9.79 Å². The molecule has 0 N–H and O–H groups in total. The highest BCUT2D eigenvalue weighted by Crippen LogP contribution is 2.21. The summed E-state index contributed by atoms with van der Waals surface area (Å²) < 4.78 is 17.2. The number of likely N-dealkylation sites (N-methyl/N-ethyl adjacent to an activating group) is 4. The number of hydrogen-bond acceptors (Lipinski definition) is 6. The van der Waals surface area contributed by atoms with Crippen molar-refractivity contribution in [3.8, 4) is 0 Å². The van der Waals surface area contributed by atoms with Crippen molar-refractivity contribution in [1.82, 2.24) is 9.80 Å². The zero-order valence-corrected chi connectivity index (χ0v) is 17.3. The molecular weight excluding hydrogens is 331 g/mol. The second-order valence-electron chi connectivity index (χ2n) is 6.41. The number of rotatable bonds is 1. The van der Waals surface area contributed by atoms with Crippen LogP contribution in [0.4, 0.5) is 0 Å². The van der Waals surface area contributed by atoms with Crippen molar-refractivity contribution in [2.75, 3.05) is 48.4 Å². The van der Waals surface area contributed by atoms with Crippen LogP contribution in [0.1, 0.15) is 27.7 Å². The van der Waals surface area contributed by atoms with Crippen LogP contribution in [0.25, 0.3) is 0 Å². The summed E-state index contributed by atoms with van der Waals surface area (Å²) in [6, 6.07) is 1.38. The minimum Gasteiger partial charge on any atom is -0.790 e. The summed E-state index contributed by atoms with van der Waals surface area (Å²) in [4.78, 5) is 23.1. The van der Waals surface area contributed by atoms with E-state index in [1.54, 1.807) is 0 Å². The number of phosphoric acid groups is 1. The molecule has 2 aliphatic heterocycles. The number of nitrogens with zero attached hydrogens (tertiary/aromatic N) is 4. The predicted molar refractivity (Wildman–Crippen MR) is 92.5 cm³/mol. The van der Waals surface area contributed by atoms with Gasteiger partial charge in [0, 0.05) is 21.0 Å². The van der Waals surface area contributed by atoms with Crippen LogP contribution in [-0.4, -0.2) is 91.1 Å². The predicted octanol–water partition coefficient (Wildman–Crippen LogP) is -0.776. The lowest BCUT2D eigenvalue weighted by Crippen LogP contribution is -2.28. The van der Waals surface area contributed by atoms with Gasteiger partial charge in [-0.25, -0.2) is 0 Å². The molecule has 0 fully saturated rings. The third-order valence-electron chi connectivity index (χ3n) is 4.75. The van der Waals surface area contributed by atoms with E-state index in [0.29, 0.717) is 12.1 Å². The SMILES string of the molecule is CC1=[N+](C)CC(C)N1C.CC1=[N+](C)CC(C)N1C.COP(=O)([O-])[O-]. The summed E-state index contributed by atoms with van der Waals surface area (Å²) in [7, 11) is 4.73. The monoisotopic (exact) mass is 364 g/mol. The number of amidine groups is 2. The minimum absolute atomic E-state index is 0.690. The summed E-state index contributed by atoms with van der Waals surface area (Å²) in [6.07, 6.45) is 0. The number of phosphoric ester groups is 1. The van der Waals surface area contributed by atoms with E-state index in [-0.39, 0.29) is 0 Å². The average Bonchev–Trinajstić information content (AvgIpc) is 2.84. The smallest absolute Gasteiger partial charge is 0.243 e. The fraction of sp³-hybridized carbons (Fsp3) is 0.867. The van der Waals surface area contributed by atoms with Gasteiger partial charge < -0.3 is 18.9 Å². The van der Waals surface area contributed by atoms with Gasteiger partial charge in [-0.05, 0) is 13.8 Å². The summed E-state index contributed by atoms with van der Waals surface area (Å²) in [5.41, 5.74) is 0. The van der Waals surface area contributed by atoms with Gasteiger partial charge in [-0.3, -0.25) is 19.0 Å². The van der Waals surface area contributed by atoms with Crippen molar-refractivity contribution in [3.63, 3.8) is 0 Å². The van der Waals surface area contributed by atoms with Crippen LogP contribution in [0.3, 0.4) is 0 Å². The molecule has 2 rings (SSSR count). The van der Waals surface area contributed by atoms with Crippen molar-refractivity contribution in [2.24, 2.45) is 0 Å². The molecule has 0 aromatic carbocycles. The van der Waals surface area contributed by atoms with Crippen LogP contribution in [-0.2, 0) is 9.09 Å². The first-order valence-corrected chi connectivity index (χ1v) is 9.40. The third-order valence-corrected chi connectivity index (χ3v) is 5.20. The highest BCUT2D eigenvalue weighted by Gasteiger charge is 2.28. The Bertz CT molecular complexity index is 494. The molecule has 2 heterocycles. The van der Waals surface area contributed by atoms with Gasteiger partial charge in [-0.2, -0.15) is 0 Å². The standard InChI is InChI=1S/2C7H15N2.CH5O4P/c2*1-6-5-8(3)7(2)9(6)4;1-5-6(2,3)4/h2*6H,5H2,1-4H3;1H3,(H2,2,3,4)/q2*+1;/p-2. The Balaban J connectivity index is 0.000000340. The largest absolute Gasteiger partial charge is 0.790 e. The maximum atomic E-state index is 9.25. The third kappa shape index (κ3) is 7.30. The van der Waals surface area contributed by atoms with Crippen molar-refractivity contribution in [3.05, 3.63) is 0 Å². The van der Waals surface area contributed by atoms with Gasteiger partial charge in [0.1, 0.15) is 25.2 Å². The molecular formula is C15H33N4O4P. The molecule has 0 amide bonds. The zero-order valence-electron chi connectivity index (χ0n) is 16.4. The highest BCUT2D eigenvalue weighted by molar-refractivity contribution is 7.43. The van der Waals surface area contributed by atoms with Crippen LogP contribution in [0, 0.1) is 0 Å². The summed E-state index contributed by atoms with van der Waals surface area (Å²) in [5.74, 6) is 2.75. The van der Waals surface area contributed by atoms with Gasteiger partial charge in [0.05, 0.1) is 36.0 Å². The molecule has 2 aliphatic rings. The van der Waals surface area contributed by atoms with E-state index in [0.717, 1.165) is 7.11 Å². The molecule has 9 heteroatoms. The summed E-state index contributed by atoms with van der Waals surface area (Å²) >= 11 is 0. The molecule has 8 nitrogen and oxygen atoms in total. The zero-order chi connectivity index (χ0) is 19.2. The van der Waals surface area contributed by atoms with Crippen molar-refractivity contribution < 1.29 is 28.0 Å². The van der Waals surface area contributed by atoms with Crippen molar-refractivity contribution in [1.29, 1.82) is 0 Å². The molecule has 0 aliphatic carbocycles. The van der Waals surface area contributed by atoms with Gasteiger partial charge >= 0.3 is 0 Å². The lowest BCUT2D eigenvalue weighted by molar-refractivity contribution is -0.490. The maximum absolute atomic E-state index is 9.25. The first-order valence-electron chi connectivity index (χ1n) is 7.94. The molecule has 2 atom stereocenters. The molecule has 0 spiro atoms. The molecule has 0 aromatic heterocycles. The normalized spacial score (nSPS) is 24.0. The van der Waals surface area contributed by atoms with E-state index in [1.807, 2.05) is 0 Å². The van der Waals surface area contributed by atoms with Gasteiger partial charge in [-0.1, -0.05) is 0 Å². The van der Waals surface area contributed by atoms with Gasteiger partial charge in [0.15, 0.2) is 0 Å². The van der Waals surface area contributed by atoms with Crippen LogP contribution in [0.5, 0.6) is 0 Å². The summed E-state index contributed by atoms with van der Waals surface area (Å²) in [6.45, 7) is 11.1. The van der Waals surface area contributed by atoms with Gasteiger partial charge in [0.2, 0.25) is 11.7 Å². The molecule has 142 valence electrons. The Morgan fingerprint density at radius 1 is 1.00 bits per heavy atom. The van der Waals surface area contributed by atoms with Crippen molar-refractivity contribution >= 4 is 19.5 Å². The Hall–Kier alpha value is -0.950. The molecule has 2 unspecified atom stereocenters. The molecule has 0 bridgehead atoms. The first kappa shape index (κ1) is 23.1. The van der Waals surface area contributed by atoms with Crippen molar-refractivity contribution in [2.45, 2.75) is 39.8 Å². The summed E-state index contributed by atoms with van der Waals surface area (Å²) in [5, 5.41) is 0. The van der Waals surface area contributed by atoms with Crippen LogP contribution in [0.2, 0.25) is 0 Å². The quantitative estimate of drug-likeness (QED) is 0.448. The number of hydrogen-bond donors (Lipinski definition) is 0. The van der Waals surface area contributed by atoms with E-state index in [1.165, 1.54) is 24.8 Å². The first-order chi connectivity index (χ1) is 10.8. The molecule has 0 aromatic rings. The molecule has 0 radical (unpaired) electrons. The second-order valence-corrected chi connectivity index (χ2v) is 7.66. The van der Waals surface area contributed by atoms with E-state index >= 15 is 0 Å². The molecule has 24 heavy (non-hydrogen) atoms. The van der Waals surface area contributed by atoms with Gasteiger partial charge in [0.25, 0.3) is 0 Å². The highest BCUT2D eigenvalue weighted by atomic mass is 31.2. The second kappa shape index (κ2) is 9.51. The molecule has 0 saturated carbocycles.